The van der Waals surface area contributed by atoms with Gasteiger partial charge in [0.15, 0.2) is 5.78 Å². The van der Waals surface area contributed by atoms with Gasteiger partial charge in [-0.2, -0.15) is 0 Å². The molecule has 0 fully saturated rings. The minimum absolute atomic E-state index is 0.0774. The van der Waals surface area contributed by atoms with Crippen molar-refractivity contribution in [1.29, 1.82) is 0 Å². The van der Waals surface area contributed by atoms with Gasteiger partial charge in [-0.05, 0) is 55.7 Å². The van der Waals surface area contributed by atoms with Gasteiger partial charge in [0.25, 0.3) is 0 Å². The molecule has 0 N–H and O–H groups in total. The van der Waals surface area contributed by atoms with E-state index in [9.17, 15) is 9.18 Å². The Bertz CT molecular complexity index is 654. The maximum atomic E-state index is 13.3. The predicted octanol–water partition coefficient (Wildman–Crippen LogP) is 4.94. The molecule has 3 heteroatoms. The van der Waals surface area contributed by atoms with Crippen molar-refractivity contribution in [3.05, 3.63) is 68.4 Å². The summed E-state index contributed by atoms with van der Waals surface area (Å²) in [7, 11) is 0. The van der Waals surface area contributed by atoms with Crippen LogP contribution in [0.4, 0.5) is 4.39 Å². The Balaban J connectivity index is 2.35. The Hall–Kier alpha value is -1.48. The monoisotopic (exact) mass is 334 g/mol. The molecule has 0 saturated heterocycles. The van der Waals surface area contributed by atoms with E-state index in [1.165, 1.54) is 17.7 Å². The van der Waals surface area contributed by atoms with Crippen LogP contribution in [-0.2, 0) is 6.42 Å². The fraction of sp³-hybridized carbons (Fsp3) is 0.235. The number of benzene rings is 2. The minimum Gasteiger partial charge on any atom is -0.294 e. The Morgan fingerprint density at radius 3 is 2.30 bits per heavy atom. The van der Waals surface area contributed by atoms with Crippen LogP contribution >= 0.6 is 15.9 Å². The molecule has 0 aliphatic carbocycles. The number of aryl methyl sites for hydroxylation is 3. The van der Waals surface area contributed by atoms with Crippen molar-refractivity contribution in [3.63, 3.8) is 0 Å². The first-order valence-electron chi connectivity index (χ1n) is 6.43. The van der Waals surface area contributed by atoms with Crippen LogP contribution in [0.3, 0.4) is 0 Å². The Kier molecular flexibility index (Phi) is 4.39. The fourth-order valence-corrected chi connectivity index (χ4v) is 2.92. The lowest BCUT2D eigenvalue weighted by Crippen LogP contribution is -2.08. The number of ketones is 1. The number of halogens is 2. The average molecular weight is 335 g/mol. The van der Waals surface area contributed by atoms with E-state index < -0.39 is 5.82 Å². The number of carbonyl (C=O) groups is 1. The Morgan fingerprint density at radius 2 is 1.70 bits per heavy atom. The molecule has 2 aromatic rings. The first-order chi connectivity index (χ1) is 9.38. The molecular formula is C17H16BrFO. The van der Waals surface area contributed by atoms with Crippen LogP contribution in [-0.4, -0.2) is 5.78 Å². The summed E-state index contributed by atoms with van der Waals surface area (Å²) in [5.41, 5.74) is 4.80. The molecule has 1 nitrogen and oxygen atoms in total. The topological polar surface area (TPSA) is 17.1 Å². The van der Waals surface area contributed by atoms with E-state index in [1.54, 1.807) is 6.07 Å². The van der Waals surface area contributed by atoms with Crippen LogP contribution in [0, 0.1) is 26.6 Å². The van der Waals surface area contributed by atoms with E-state index >= 15 is 0 Å². The molecule has 0 bridgehead atoms. The van der Waals surface area contributed by atoms with Crippen molar-refractivity contribution >= 4 is 21.7 Å². The summed E-state index contributed by atoms with van der Waals surface area (Å²) < 4.78 is 13.9. The first kappa shape index (κ1) is 14.9. The highest BCUT2D eigenvalue weighted by Gasteiger charge is 2.14. The number of rotatable bonds is 3. The lowest BCUT2D eigenvalue weighted by atomic mass is 9.94. The summed E-state index contributed by atoms with van der Waals surface area (Å²) in [6, 6.07) is 8.32. The molecule has 0 amide bonds. The number of hydrogen-bond acceptors (Lipinski definition) is 1. The second-order valence-corrected chi connectivity index (χ2v) is 5.96. The van der Waals surface area contributed by atoms with Gasteiger partial charge < -0.3 is 0 Å². The van der Waals surface area contributed by atoms with Gasteiger partial charge in [0.05, 0.1) is 0 Å². The van der Waals surface area contributed by atoms with Crippen LogP contribution < -0.4 is 0 Å². The largest absolute Gasteiger partial charge is 0.294 e. The van der Waals surface area contributed by atoms with Crippen molar-refractivity contribution in [1.82, 2.24) is 0 Å². The van der Waals surface area contributed by atoms with Gasteiger partial charge in [0.2, 0.25) is 0 Å². The lowest BCUT2D eigenvalue weighted by Gasteiger charge is -2.11. The molecule has 104 valence electrons. The van der Waals surface area contributed by atoms with Gasteiger partial charge >= 0.3 is 0 Å². The van der Waals surface area contributed by atoms with Crippen molar-refractivity contribution in [2.24, 2.45) is 0 Å². The van der Waals surface area contributed by atoms with Crippen LogP contribution in [0.2, 0.25) is 0 Å². The molecule has 0 radical (unpaired) electrons. The molecule has 0 saturated carbocycles. The zero-order valence-electron chi connectivity index (χ0n) is 11.8. The minimum atomic E-state index is -0.395. The van der Waals surface area contributed by atoms with Gasteiger partial charge in [-0.1, -0.05) is 33.6 Å². The second-order valence-electron chi connectivity index (χ2n) is 5.10. The van der Waals surface area contributed by atoms with Gasteiger partial charge in [-0.15, -0.1) is 0 Å². The van der Waals surface area contributed by atoms with Crippen molar-refractivity contribution in [3.8, 4) is 0 Å². The Morgan fingerprint density at radius 1 is 1.10 bits per heavy atom. The van der Waals surface area contributed by atoms with Crippen LogP contribution in [0.1, 0.15) is 32.6 Å². The third kappa shape index (κ3) is 3.15. The van der Waals surface area contributed by atoms with Crippen molar-refractivity contribution < 1.29 is 9.18 Å². The molecule has 2 rings (SSSR count). The lowest BCUT2D eigenvalue weighted by molar-refractivity contribution is 0.0991. The summed E-state index contributed by atoms with van der Waals surface area (Å²) in [5, 5.41) is 0. The maximum absolute atomic E-state index is 13.3. The summed E-state index contributed by atoms with van der Waals surface area (Å²) in [6.45, 7) is 6.04. The number of carbonyl (C=O) groups excluding carboxylic acids is 1. The molecule has 0 aliphatic rings. The highest BCUT2D eigenvalue weighted by Crippen LogP contribution is 2.23. The van der Waals surface area contributed by atoms with Gasteiger partial charge in [-0.3, -0.25) is 4.79 Å². The van der Waals surface area contributed by atoms with Gasteiger partial charge in [0.1, 0.15) is 5.82 Å². The molecule has 0 aromatic heterocycles. The van der Waals surface area contributed by atoms with Crippen LogP contribution in [0.25, 0.3) is 0 Å². The predicted molar refractivity (Wildman–Crippen MR) is 82.8 cm³/mol. The normalized spacial score (nSPS) is 10.7. The summed E-state index contributed by atoms with van der Waals surface area (Å²) in [6.07, 6.45) is 0.292. The molecular weight excluding hydrogens is 319 g/mol. The zero-order chi connectivity index (χ0) is 14.9. The smallest absolute Gasteiger partial charge is 0.168 e. The van der Waals surface area contributed by atoms with Gasteiger partial charge in [-0.25, -0.2) is 4.39 Å². The summed E-state index contributed by atoms with van der Waals surface area (Å²) >= 11 is 3.31. The van der Waals surface area contributed by atoms with Gasteiger partial charge in [0, 0.05) is 16.5 Å². The van der Waals surface area contributed by atoms with E-state index in [2.05, 4.69) is 28.1 Å². The SMILES string of the molecule is Cc1cc(C)c(CC(=O)c2cc(F)ccc2Br)c(C)c1. The maximum Gasteiger partial charge on any atom is 0.168 e. The molecule has 0 heterocycles. The highest BCUT2D eigenvalue weighted by molar-refractivity contribution is 9.10. The molecule has 0 atom stereocenters. The van der Waals surface area contributed by atoms with Crippen LogP contribution in [0.15, 0.2) is 34.8 Å². The second kappa shape index (κ2) is 5.88. The summed E-state index contributed by atoms with van der Waals surface area (Å²) in [5.74, 6) is -0.472. The van der Waals surface area contributed by atoms with E-state index in [4.69, 9.17) is 0 Å². The third-order valence-corrected chi connectivity index (χ3v) is 4.10. The third-order valence-electron chi connectivity index (χ3n) is 3.41. The quantitative estimate of drug-likeness (QED) is 0.726. The molecule has 2 aromatic carbocycles. The molecule has 20 heavy (non-hydrogen) atoms. The molecule has 0 spiro atoms. The molecule has 0 unspecified atom stereocenters. The van der Waals surface area contributed by atoms with Crippen molar-refractivity contribution in [2.75, 3.05) is 0 Å². The van der Waals surface area contributed by atoms with Crippen LogP contribution in [0.5, 0.6) is 0 Å². The molecule has 0 aliphatic heterocycles. The zero-order valence-corrected chi connectivity index (χ0v) is 13.3. The number of Topliss-reactive ketones (excluding diaryl/α,β-unsaturated/α-hetero) is 1. The Labute approximate surface area is 127 Å². The average Bonchev–Trinajstić information content (AvgIpc) is 2.36. The number of hydrogen-bond donors (Lipinski definition) is 0. The first-order valence-corrected chi connectivity index (χ1v) is 7.22. The highest BCUT2D eigenvalue weighted by atomic mass is 79.9. The summed E-state index contributed by atoms with van der Waals surface area (Å²) in [4.78, 5) is 12.4. The van der Waals surface area contributed by atoms with Crippen molar-refractivity contribution in [2.45, 2.75) is 27.2 Å². The standard InChI is InChI=1S/C17H16BrFO/c1-10-6-11(2)14(12(3)7-10)9-17(20)15-8-13(19)4-5-16(15)18/h4-8H,9H2,1-3H3. The van der Waals surface area contributed by atoms with E-state index in [0.29, 0.717) is 16.5 Å². The van der Waals surface area contributed by atoms with E-state index in [0.717, 1.165) is 16.7 Å². The van der Waals surface area contributed by atoms with E-state index in [1.807, 2.05) is 20.8 Å². The fourth-order valence-electron chi connectivity index (χ4n) is 2.46. The van der Waals surface area contributed by atoms with E-state index in [-0.39, 0.29) is 5.78 Å².